The molecule has 0 fully saturated rings. The maximum absolute atomic E-state index is 8.70. The summed E-state index contributed by atoms with van der Waals surface area (Å²) in [6.07, 6.45) is 4.42. The van der Waals surface area contributed by atoms with E-state index in [0.29, 0.717) is 5.56 Å². The van der Waals surface area contributed by atoms with Crippen molar-refractivity contribution in [1.29, 1.82) is 5.26 Å². The lowest BCUT2D eigenvalue weighted by atomic mass is 10.1. The molecule has 20 heavy (non-hydrogen) atoms. The third-order valence-corrected chi connectivity index (χ3v) is 2.91. The molecule has 3 heteroatoms. The Morgan fingerprint density at radius 2 is 1.40 bits per heavy atom. The Morgan fingerprint density at radius 3 is 1.85 bits per heavy atom. The van der Waals surface area contributed by atoms with Gasteiger partial charge < -0.3 is 0 Å². The van der Waals surface area contributed by atoms with Crippen LogP contribution in [0.4, 0.5) is 0 Å². The Kier molecular flexibility index (Phi) is 4.80. The Bertz CT molecular complexity index is 644. The molecule has 0 spiro atoms. The molecule has 0 N–H and O–H groups in total. The van der Waals surface area contributed by atoms with Gasteiger partial charge in [-0.05, 0) is 35.2 Å². The highest BCUT2D eigenvalue weighted by Gasteiger charge is 1.90. The second-order valence-electron chi connectivity index (χ2n) is 4.32. The normalized spacial score (nSPS) is 11.0. The topological polar surface area (TPSA) is 48.5 Å². The molecule has 98 valence electrons. The van der Waals surface area contributed by atoms with Crippen LogP contribution in [0.3, 0.4) is 0 Å². The third kappa shape index (κ3) is 3.89. The number of aryl methyl sites for hydroxylation is 1. The second-order valence-corrected chi connectivity index (χ2v) is 4.32. The van der Waals surface area contributed by atoms with Gasteiger partial charge in [0, 0.05) is 0 Å². The van der Waals surface area contributed by atoms with Crippen molar-refractivity contribution in [2.24, 2.45) is 10.2 Å². The predicted octanol–water partition coefficient (Wildman–Crippen LogP) is 3.57. The largest absolute Gasteiger partial charge is 0.192 e. The fraction of sp³-hybridized carbons (Fsp3) is 0.118. The molecular formula is C17H15N3. The molecule has 2 aromatic rings. The van der Waals surface area contributed by atoms with Gasteiger partial charge in [0.2, 0.25) is 0 Å². The van der Waals surface area contributed by atoms with Gasteiger partial charge >= 0.3 is 0 Å². The maximum Gasteiger partial charge on any atom is 0.0991 e. The lowest BCUT2D eigenvalue weighted by Gasteiger charge is -1.95. The Hall–Kier alpha value is -2.73. The second kappa shape index (κ2) is 7.01. The van der Waals surface area contributed by atoms with Gasteiger partial charge in [0.15, 0.2) is 0 Å². The number of rotatable bonds is 4. The zero-order valence-electron chi connectivity index (χ0n) is 11.3. The van der Waals surface area contributed by atoms with Crippen LogP contribution < -0.4 is 0 Å². The van der Waals surface area contributed by atoms with Crippen LogP contribution in [0.5, 0.6) is 0 Å². The average molecular weight is 261 g/mol. The molecule has 0 aliphatic rings. The molecule has 2 rings (SSSR count). The minimum atomic E-state index is 0.640. The standard InChI is InChI=1S/C17H15N3/c1-2-14-3-7-16(8-4-14)12-19-20-13-17-9-5-15(11-18)6-10-17/h3-10,12-13H,2H2,1H3/b19-12+,20-13+. The summed E-state index contributed by atoms with van der Waals surface area (Å²) < 4.78 is 0. The van der Waals surface area contributed by atoms with E-state index in [9.17, 15) is 0 Å². The Balaban J connectivity index is 1.97. The van der Waals surface area contributed by atoms with Crippen molar-refractivity contribution in [2.45, 2.75) is 13.3 Å². The van der Waals surface area contributed by atoms with Gasteiger partial charge in [0.25, 0.3) is 0 Å². The Morgan fingerprint density at radius 1 is 0.900 bits per heavy atom. The summed E-state index contributed by atoms with van der Waals surface area (Å²) in [5.74, 6) is 0. The van der Waals surface area contributed by atoms with Gasteiger partial charge in [-0.1, -0.05) is 43.3 Å². The molecule has 0 saturated carbocycles. The van der Waals surface area contributed by atoms with E-state index in [1.165, 1.54) is 5.56 Å². The van der Waals surface area contributed by atoms with E-state index in [1.54, 1.807) is 24.6 Å². The minimum Gasteiger partial charge on any atom is -0.192 e. The quantitative estimate of drug-likeness (QED) is 0.613. The summed E-state index contributed by atoms with van der Waals surface area (Å²) in [6.45, 7) is 2.13. The molecule has 0 radical (unpaired) electrons. The van der Waals surface area contributed by atoms with Crippen molar-refractivity contribution in [2.75, 3.05) is 0 Å². The molecule has 0 unspecified atom stereocenters. The fourth-order valence-corrected chi connectivity index (χ4v) is 1.68. The molecular weight excluding hydrogens is 246 g/mol. The van der Waals surface area contributed by atoms with Gasteiger partial charge in [0.1, 0.15) is 0 Å². The zero-order chi connectivity index (χ0) is 14.2. The lowest BCUT2D eigenvalue weighted by molar-refractivity contribution is 1.14. The molecule has 0 bridgehead atoms. The lowest BCUT2D eigenvalue weighted by Crippen LogP contribution is -1.84. The molecule has 3 nitrogen and oxygen atoms in total. The van der Waals surface area contributed by atoms with E-state index in [1.807, 2.05) is 24.3 Å². The number of hydrogen-bond acceptors (Lipinski definition) is 3. The van der Waals surface area contributed by atoms with Gasteiger partial charge in [0.05, 0.1) is 24.1 Å². The van der Waals surface area contributed by atoms with Crippen LogP contribution in [0, 0.1) is 11.3 Å². The molecule has 0 amide bonds. The number of nitriles is 1. The van der Waals surface area contributed by atoms with E-state index < -0.39 is 0 Å². The molecule has 0 aliphatic carbocycles. The first kappa shape index (κ1) is 13.7. The van der Waals surface area contributed by atoms with Crippen LogP contribution in [0.2, 0.25) is 0 Å². The summed E-state index contributed by atoms with van der Waals surface area (Å²) >= 11 is 0. The van der Waals surface area contributed by atoms with Crippen molar-refractivity contribution in [1.82, 2.24) is 0 Å². The van der Waals surface area contributed by atoms with Gasteiger partial charge in [-0.15, -0.1) is 0 Å². The first-order valence-corrected chi connectivity index (χ1v) is 6.47. The highest BCUT2D eigenvalue weighted by atomic mass is 15.2. The highest BCUT2D eigenvalue weighted by molar-refractivity contribution is 5.82. The molecule has 0 heterocycles. The maximum atomic E-state index is 8.70. The monoisotopic (exact) mass is 261 g/mol. The van der Waals surface area contributed by atoms with Crippen LogP contribution in [-0.2, 0) is 6.42 Å². The van der Waals surface area contributed by atoms with Gasteiger partial charge in [-0.3, -0.25) is 0 Å². The van der Waals surface area contributed by atoms with E-state index in [2.05, 4.69) is 35.3 Å². The molecule has 0 saturated heterocycles. The Labute approximate surface area is 118 Å². The summed E-state index contributed by atoms with van der Waals surface area (Å²) in [5.41, 5.74) is 3.89. The van der Waals surface area contributed by atoms with E-state index in [0.717, 1.165) is 17.5 Å². The number of benzene rings is 2. The predicted molar refractivity (Wildman–Crippen MR) is 82.2 cm³/mol. The summed E-state index contributed by atoms with van der Waals surface area (Å²) in [4.78, 5) is 0. The first-order valence-electron chi connectivity index (χ1n) is 6.47. The smallest absolute Gasteiger partial charge is 0.0991 e. The first-order chi connectivity index (χ1) is 9.81. The molecule has 2 aromatic carbocycles. The van der Waals surface area contributed by atoms with Crippen molar-refractivity contribution in [3.05, 3.63) is 70.8 Å². The highest BCUT2D eigenvalue weighted by Crippen LogP contribution is 2.03. The number of nitrogens with zero attached hydrogens (tertiary/aromatic N) is 3. The van der Waals surface area contributed by atoms with E-state index in [-0.39, 0.29) is 0 Å². The fourth-order valence-electron chi connectivity index (χ4n) is 1.68. The van der Waals surface area contributed by atoms with Crippen molar-refractivity contribution in [3.63, 3.8) is 0 Å². The van der Waals surface area contributed by atoms with E-state index >= 15 is 0 Å². The number of hydrogen-bond donors (Lipinski definition) is 0. The summed E-state index contributed by atoms with van der Waals surface area (Å²) in [5, 5.41) is 16.7. The van der Waals surface area contributed by atoms with Crippen LogP contribution in [0.1, 0.15) is 29.2 Å². The van der Waals surface area contributed by atoms with Crippen LogP contribution in [-0.4, -0.2) is 12.4 Å². The van der Waals surface area contributed by atoms with Gasteiger partial charge in [-0.2, -0.15) is 15.5 Å². The molecule has 0 atom stereocenters. The van der Waals surface area contributed by atoms with Crippen LogP contribution in [0.15, 0.2) is 58.7 Å². The summed E-state index contributed by atoms with van der Waals surface area (Å²) in [6, 6.07) is 17.5. The van der Waals surface area contributed by atoms with Crippen molar-refractivity contribution < 1.29 is 0 Å². The van der Waals surface area contributed by atoms with Crippen LogP contribution in [0.25, 0.3) is 0 Å². The van der Waals surface area contributed by atoms with Crippen molar-refractivity contribution in [3.8, 4) is 6.07 Å². The molecule has 0 aromatic heterocycles. The average Bonchev–Trinajstić information content (AvgIpc) is 2.53. The van der Waals surface area contributed by atoms with Gasteiger partial charge in [-0.25, -0.2) is 0 Å². The van der Waals surface area contributed by atoms with E-state index in [4.69, 9.17) is 5.26 Å². The SMILES string of the molecule is CCc1ccc(/C=N/N=C/c2ccc(C#N)cc2)cc1. The third-order valence-electron chi connectivity index (χ3n) is 2.91. The van der Waals surface area contributed by atoms with Crippen LogP contribution >= 0.6 is 0 Å². The van der Waals surface area contributed by atoms with Crippen molar-refractivity contribution >= 4 is 12.4 Å². The summed E-state index contributed by atoms with van der Waals surface area (Å²) in [7, 11) is 0. The molecule has 0 aliphatic heterocycles. The minimum absolute atomic E-state index is 0.640. The zero-order valence-corrected chi connectivity index (χ0v) is 11.3.